The highest BCUT2D eigenvalue weighted by Gasteiger charge is 2.07. The van der Waals surface area contributed by atoms with E-state index in [1.165, 1.54) is 12.1 Å². The molecule has 1 heterocycles. The number of aryl methyl sites for hydroxylation is 1. The molecular weight excluding hydrogens is 357 g/mol. The molecule has 0 bridgehead atoms. The normalized spacial score (nSPS) is 10.5. The number of nitrogens with one attached hydrogen (secondary N) is 1. The highest BCUT2D eigenvalue weighted by molar-refractivity contribution is 5.91. The van der Waals surface area contributed by atoms with E-state index in [4.69, 9.17) is 4.74 Å². The molecule has 2 aromatic carbocycles. The van der Waals surface area contributed by atoms with Crippen molar-refractivity contribution in [3.05, 3.63) is 78.0 Å². The van der Waals surface area contributed by atoms with E-state index in [9.17, 15) is 9.18 Å². The van der Waals surface area contributed by atoms with Gasteiger partial charge in [-0.3, -0.25) is 4.79 Å². The Morgan fingerprint density at radius 3 is 2.39 bits per heavy atom. The minimum Gasteiger partial charge on any atom is -0.457 e. The number of nitrogens with zero attached hydrogens (tertiary/aromatic N) is 2. The first-order valence-electron chi connectivity index (χ1n) is 9.26. The monoisotopic (exact) mass is 379 g/mol. The number of benzene rings is 2. The number of halogens is 1. The summed E-state index contributed by atoms with van der Waals surface area (Å²) < 4.78 is 18.6. The predicted molar refractivity (Wildman–Crippen MR) is 106 cm³/mol. The van der Waals surface area contributed by atoms with E-state index in [1.54, 1.807) is 36.5 Å². The minimum absolute atomic E-state index is 0.146. The second-order valence-corrected chi connectivity index (χ2v) is 6.39. The summed E-state index contributed by atoms with van der Waals surface area (Å²) in [6, 6.07) is 14.7. The van der Waals surface area contributed by atoms with Crippen LogP contribution in [0.3, 0.4) is 0 Å². The number of aromatic nitrogens is 2. The molecule has 28 heavy (non-hydrogen) atoms. The Morgan fingerprint density at radius 2 is 1.71 bits per heavy atom. The molecule has 0 aliphatic carbocycles. The molecule has 3 aromatic rings. The summed E-state index contributed by atoms with van der Waals surface area (Å²) in [5.74, 6) is 1.97. The summed E-state index contributed by atoms with van der Waals surface area (Å²) in [6.45, 7) is 2.11. The Morgan fingerprint density at radius 1 is 1.04 bits per heavy atom. The summed E-state index contributed by atoms with van der Waals surface area (Å²) >= 11 is 0. The zero-order chi connectivity index (χ0) is 19.8. The summed E-state index contributed by atoms with van der Waals surface area (Å²) in [6.07, 6.45) is 4.78. The van der Waals surface area contributed by atoms with Crippen molar-refractivity contribution in [3.63, 3.8) is 0 Å². The summed E-state index contributed by atoms with van der Waals surface area (Å²) in [5.41, 5.74) is 0.851. The maximum atomic E-state index is 12.9. The molecule has 0 spiro atoms. The van der Waals surface area contributed by atoms with Crippen molar-refractivity contribution in [2.45, 2.75) is 32.6 Å². The molecule has 0 fully saturated rings. The molecule has 0 saturated carbocycles. The number of ether oxygens (including phenoxy) is 1. The number of amides is 1. The average Bonchev–Trinajstić information content (AvgIpc) is 2.70. The summed E-state index contributed by atoms with van der Waals surface area (Å²) in [4.78, 5) is 20.9. The molecule has 0 saturated heterocycles. The zero-order valence-corrected chi connectivity index (χ0v) is 15.7. The van der Waals surface area contributed by atoms with E-state index in [2.05, 4.69) is 22.2 Å². The Balaban J connectivity index is 1.55. The predicted octanol–water partition coefficient (Wildman–Crippen LogP) is 4.93. The van der Waals surface area contributed by atoms with Crippen LogP contribution in [0.5, 0.6) is 11.5 Å². The molecule has 0 atom stereocenters. The fourth-order valence-electron chi connectivity index (χ4n) is 2.61. The van der Waals surface area contributed by atoms with Crippen LogP contribution < -0.4 is 10.1 Å². The lowest BCUT2D eigenvalue weighted by Crippen LogP contribution is -2.16. The maximum Gasteiger partial charge on any atom is 0.229 e. The van der Waals surface area contributed by atoms with Gasteiger partial charge in [0.2, 0.25) is 5.91 Å². The summed E-state index contributed by atoms with van der Waals surface area (Å²) in [7, 11) is 0. The maximum absolute atomic E-state index is 12.9. The third-order valence-electron chi connectivity index (χ3n) is 4.06. The van der Waals surface area contributed by atoms with Gasteiger partial charge < -0.3 is 10.1 Å². The third kappa shape index (κ3) is 5.87. The van der Waals surface area contributed by atoms with Crippen molar-refractivity contribution in [1.29, 1.82) is 0 Å². The van der Waals surface area contributed by atoms with Crippen molar-refractivity contribution in [1.82, 2.24) is 9.97 Å². The fraction of sp³-hybridized carbons (Fsp3) is 0.227. The van der Waals surface area contributed by atoms with E-state index in [0.717, 1.165) is 30.7 Å². The van der Waals surface area contributed by atoms with Gasteiger partial charge in [0.1, 0.15) is 29.0 Å². The highest BCUT2D eigenvalue weighted by atomic mass is 19.1. The van der Waals surface area contributed by atoms with Gasteiger partial charge >= 0.3 is 0 Å². The van der Waals surface area contributed by atoms with Crippen LogP contribution in [0.25, 0.3) is 0 Å². The van der Waals surface area contributed by atoms with Crippen molar-refractivity contribution < 1.29 is 13.9 Å². The molecule has 3 rings (SSSR count). The summed E-state index contributed by atoms with van der Waals surface area (Å²) in [5, 5.41) is 2.81. The van der Waals surface area contributed by atoms with Gasteiger partial charge in [0.15, 0.2) is 0 Å². The lowest BCUT2D eigenvalue weighted by molar-refractivity contribution is -0.115. The van der Waals surface area contributed by atoms with Gasteiger partial charge in [-0.15, -0.1) is 0 Å². The van der Waals surface area contributed by atoms with Crippen LogP contribution in [0.4, 0.5) is 10.2 Å². The average molecular weight is 379 g/mol. The van der Waals surface area contributed by atoms with Gasteiger partial charge in [0.05, 0.1) is 6.42 Å². The molecule has 5 nitrogen and oxygen atoms in total. The van der Waals surface area contributed by atoms with Gasteiger partial charge in [-0.25, -0.2) is 14.4 Å². The number of unbranched alkanes of at least 4 members (excludes halogenated alkanes) is 1. The molecule has 0 radical (unpaired) electrons. The molecule has 0 aliphatic rings. The van der Waals surface area contributed by atoms with Crippen LogP contribution >= 0.6 is 0 Å². The first kappa shape index (κ1) is 19.5. The Labute approximate surface area is 163 Å². The van der Waals surface area contributed by atoms with E-state index in [-0.39, 0.29) is 18.1 Å². The molecule has 6 heteroatoms. The van der Waals surface area contributed by atoms with Gasteiger partial charge in [-0.2, -0.15) is 0 Å². The first-order chi connectivity index (χ1) is 13.6. The molecular formula is C22H22FN3O2. The second kappa shape index (κ2) is 9.60. The van der Waals surface area contributed by atoms with E-state index in [0.29, 0.717) is 17.3 Å². The minimum atomic E-state index is -0.310. The van der Waals surface area contributed by atoms with Crippen LogP contribution in [0.2, 0.25) is 0 Å². The number of carbonyl (C=O) groups is 1. The fourth-order valence-corrected chi connectivity index (χ4v) is 2.61. The van der Waals surface area contributed by atoms with Gasteiger partial charge in [0, 0.05) is 12.6 Å². The van der Waals surface area contributed by atoms with Crippen LogP contribution in [0.1, 0.15) is 31.2 Å². The van der Waals surface area contributed by atoms with Crippen molar-refractivity contribution >= 4 is 11.7 Å². The van der Waals surface area contributed by atoms with Gasteiger partial charge in [-0.05, 0) is 54.4 Å². The first-order valence-corrected chi connectivity index (χ1v) is 9.26. The largest absolute Gasteiger partial charge is 0.457 e. The number of carbonyl (C=O) groups excluding carboxylic acids is 1. The Bertz CT molecular complexity index is 912. The lowest BCUT2D eigenvalue weighted by atomic mass is 10.1. The SMILES string of the molecule is CCCCc1nccc(NC(=O)Cc2ccc(Oc3ccc(F)cc3)cc2)n1. The standard InChI is InChI=1S/C22H22FN3O2/c1-2-3-4-20-24-14-13-21(25-20)26-22(27)15-16-5-9-18(10-6-16)28-19-11-7-17(23)8-12-19/h5-14H,2-4,15H2,1H3,(H,24,25,26,27). The molecule has 1 aromatic heterocycles. The molecule has 0 aliphatic heterocycles. The van der Waals surface area contributed by atoms with Crippen molar-refractivity contribution in [3.8, 4) is 11.5 Å². The third-order valence-corrected chi connectivity index (χ3v) is 4.06. The molecule has 0 unspecified atom stereocenters. The number of anilines is 1. The molecule has 144 valence electrons. The number of hydrogen-bond donors (Lipinski definition) is 1. The van der Waals surface area contributed by atoms with Crippen LogP contribution in [-0.2, 0) is 17.6 Å². The van der Waals surface area contributed by atoms with Crippen LogP contribution in [0.15, 0.2) is 60.8 Å². The quantitative estimate of drug-likeness (QED) is 0.603. The van der Waals surface area contributed by atoms with E-state index >= 15 is 0 Å². The smallest absolute Gasteiger partial charge is 0.229 e. The van der Waals surface area contributed by atoms with Crippen LogP contribution in [0, 0.1) is 5.82 Å². The molecule has 1 N–H and O–H groups in total. The Hall–Kier alpha value is -3.28. The lowest BCUT2D eigenvalue weighted by Gasteiger charge is -2.08. The van der Waals surface area contributed by atoms with E-state index in [1.807, 2.05) is 12.1 Å². The van der Waals surface area contributed by atoms with Gasteiger partial charge in [-0.1, -0.05) is 25.5 Å². The zero-order valence-electron chi connectivity index (χ0n) is 15.7. The second-order valence-electron chi connectivity index (χ2n) is 6.39. The topological polar surface area (TPSA) is 64.1 Å². The van der Waals surface area contributed by atoms with Crippen LogP contribution in [-0.4, -0.2) is 15.9 Å². The number of rotatable bonds is 8. The highest BCUT2D eigenvalue weighted by Crippen LogP contribution is 2.22. The van der Waals surface area contributed by atoms with E-state index < -0.39 is 0 Å². The van der Waals surface area contributed by atoms with Crippen molar-refractivity contribution in [2.75, 3.05) is 5.32 Å². The molecule has 1 amide bonds. The van der Waals surface area contributed by atoms with Gasteiger partial charge in [0.25, 0.3) is 0 Å². The van der Waals surface area contributed by atoms with Crippen molar-refractivity contribution in [2.24, 2.45) is 0 Å². The number of hydrogen-bond acceptors (Lipinski definition) is 4. The Kier molecular flexibility index (Phi) is 6.68.